The highest BCUT2D eigenvalue weighted by atomic mass is 32.1. The molecule has 4 unspecified atom stereocenters. The lowest BCUT2D eigenvalue weighted by Gasteiger charge is -2.23. The summed E-state index contributed by atoms with van der Waals surface area (Å²) >= 11 is 1.99. The Hall–Kier alpha value is -5.51. The number of allylic oxidation sites excluding steroid dienone is 10. The molecule has 2 heterocycles. The van der Waals surface area contributed by atoms with Gasteiger partial charge in [0.05, 0.1) is 22.8 Å². The SMILES string of the molecule is C/C(=C\C(=N/C(C)C1C=CC(n2c3ccc4ccccc4c3c3c4sc5c(c4c4ccccc4c32)CC(C)C=C5)=CC1)c1ccccc1)C1C=CC=CC1. The Balaban J connectivity index is 1.12. The van der Waals surface area contributed by atoms with Crippen molar-refractivity contribution in [3.05, 3.63) is 167 Å². The fraction of sp³-hybridized carbons (Fsp3) is 0.196. The second-order valence-corrected chi connectivity index (χ2v) is 16.6. The minimum absolute atomic E-state index is 0.121. The van der Waals surface area contributed by atoms with Crippen LogP contribution >= 0.6 is 11.3 Å². The van der Waals surface area contributed by atoms with Crippen molar-refractivity contribution in [2.45, 2.75) is 46.1 Å². The number of thiophene rings is 1. The van der Waals surface area contributed by atoms with E-state index >= 15 is 0 Å². The Morgan fingerprint density at radius 2 is 1.59 bits per heavy atom. The van der Waals surface area contributed by atoms with E-state index < -0.39 is 0 Å². The van der Waals surface area contributed by atoms with Crippen molar-refractivity contribution >= 4 is 82.3 Å². The number of nitrogens with zero attached hydrogens (tertiary/aromatic N) is 2. The van der Waals surface area contributed by atoms with E-state index in [2.05, 4.69) is 177 Å². The van der Waals surface area contributed by atoms with Gasteiger partial charge in [-0.1, -0.05) is 140 Å². The highest BCUT2D eigenvalue weighted by Crippen LogP contribution is 2.50. The maximum Gasteiger partial charge on any atom is 0.0649 e. The van der Waals surface area contributed by atoms with Crippen LogP contribution in [0.2, 0.25) is 0 Å². The van der Waals surface area contributed by atoms with Gasteiger partial charge >= 0.3 is 0 Å². The normalized spacial score (nSPS) is 20.8. The van der Waals surface area contributed by atoms with E-state index in [1.54, 1.807) is 0 Å². The minimum Gasteiger partial charge on any atom is -0.309 e. The summed E-state index contributed by atoms with van der Waals surface area (Å²) < 4.78 is 4.00. The van der Waals surface area contributed by atoms with Crippen molar-refractivity contribution < 1.29 is 0 Å². The van der Waals surface area contributed by atoms with Gasteiger partial charge in [0, 0.05) is 48.7 Å². The molecule has 0 radical (unpaired) electrons. The van der Waals surface area contributed by atoms with Crippen LogP contribution in [0.4, 0.5) is 0 Å². The summed E-state index contributed by atoms with van der Waals surface area (Å²) in [5.41, 5.74) is 8.95. The molecule has 264 valence electrons. The molecular weight excluding hydrogens is 673 g/mol. The Morgan fingerprint density at radius 3 is 2.39 bits per heavy atom. The van der Waals surface area contributed by atoms with Crippen molar-refractivity contribution in [1.82, 2.24) is 4.57 Å². The number of hydrogen-bond donors (Lipinski definition) is 0. The summed E-state index contributed by atoms with van der Waals surface area (Å²) in [5.74, 6) is 1.26. The van der Waals surface area contributed by atoms with E-state index in [-0.39, 0.29) is 6.04 Å². The zero-order valence-corrected chi connectivity index (χ0v) is 32.0. The van der Waals surface area contributed by atoms with Gasteiger partial charge in [-0.2, -0.15) is 0 Å². The second kappa shape index (κ2) is 13.4. The van der Waals surface area contributed by atoms with Gasteiger partial charge in [0.15, 0.2) is 0 Å². The lowest BCUT2D eigenvalue weighted by Crippen LogP contribution is -2.17. The first-order chi connectivity index (χ1) is 26.5. The molecule has 0 fully saturated rings. The summed E-state index contributed by atoms with van der Waals surface area (Å²) in [6.45, 7) is 6.88. The topological polar surface area (TPSA) is 17.3 Å². The lowest BCUT2D eigenvalue weighted by molar-refractivity contribution is 0.541. The predicted octanol–water partition coefficient (Wildman–Crippen LogP) is 13.9. The number of rotatable bonds is 6. The summed E-state index contributed by atoms with van der Waals surface area (Å²) in [6.07, 6.45) is 26.3. The standard InChI is InChI=1S/C51H44N2S/c1-32-22-29-46-43(30-32)47-41-20-12-13-21-42(41)50-49(51(47)54-46)48-40-19-11-10-16-37(40)25-28-45(48)53(50)39-26-23-36(24-27-39)34(3)52-44(38-17-8-5-9-18-38)31-33(2)35-14-6-4-7-15-35/h4-14,16-23,25-29,31-32,34-36H,15,24,30H2,1-3H3/b33-31+,52-44+. The van der Waals surface area contributed by atoms with E-state index in [0.29, 0.717) is 17.8 Å². The predicted molar refractivity (Wildman–Crippen MR) is 236 cm³/mol. The molecule has 4 atom stereocenters. The maximum absolute atomic E-state index is 5.45. The Morgan fingerprint density at radius 1 is 0.796 bits per heavy atom. The van der Waals surface area contributed by atoms with Gasteiger partial charge in [-0.15, -0.1) is 11.3 Å². The quantitative estimate of drug-likeness (QED) is 0.153. The number of fused-ring (bicyclic) bond motifs is 12. The molecule has 5 aromatic carbocycles. The van der Waals surface area contributed by atoms with E-state index in [1.807, 2.05) is 11.3 Å². The van der Waals surface area contributed by atoms with Crippen LogP contribution in [0.5, 0.6) is 0 Å². The molecule has 10 rings (SSSR count). The second-order valence-electron chi connectivity index (χ2n) is 15.5. The van der Waals surface area contributed by atoms with E-state index in [1.165, 1.54) is 80.7 Å². The fourth-order valence-corrected chi connectivity index (χ4v) is 10.5. The molecule has 0 N–H and O–H groups in total. The van der Waals surface area contributed by atoms with Crippen LogP contribution in [0.3, 0.4) is 0 Å². The van der Waals surface area contributed by atoms with Crippen molar-refractivity contribution in [2.75, 3.05) is 0 Å². The van der Waals surface area contributed by atoms with Gasteiger partial charge in [0.1, 0.15) is 0 Å². The lowest BCUT2D eigenvalue weighted by atomic mass is 9.90. The number of aromatic nitrogens is 1. The van der Waals surface area contributed by atoms with Crippen molar-refractivity contribution in [2.24, 2.45) is 22.7 Å². The van der Waals surface area contributed by atoms with E-state index in [0.717, 1.165) is 25.0 Å². The van der Waals surface area contributed by atoms with Crippen LogP contribution in [0.1, 0.15) is 49.6 Å². The molecule has 54 heavy (non-hydrogen) atoms. The third-order valence-corrected chi connectivity index (χ3v) is 13.2. The molecule has 0 spiro atoms. The highest BCUT2D eigenvalue weighted by Gasteiger charge is 2.27. The Kier molecular flexibility index (Phi) is 8.22. The maximum atomic E-state index is 5.45. The van der Waals surface area contributed by atoms with Gasteiger partial charge in [0.2, 0.25) is 0 Å². The van der Waals surface area contributed by atoms with Crippen LogP contribution < -0.4 is 0 Å². The first kappa shape index (κ1) is 33.1. The summed E-state index contributed by atoms with van der Waals surface area (Å²) in [7, 11) is 0. The smallest absolute Gasteiger partial charge is 0.0649 e. The summed E-state index contributed by atoms with van der Waals surface area (Å²) in [4.78, 5) is 6.87. The molecule has 0 amide bonds. The van der Waals surface area contributed by atoms with Gasteiger partial charge < -0.3 is 4.57 Å². The monoisotopic (exact) mass is 716 g/mol. The highest BCUT2D eigenvalue weighted by molar-refractivity contribution is 7.21. The van der Waals surface area contributed by atoms with Crippen LogP contribution in [0, 0.1) is 17.8 Å². The molecule has 3 aliphatic rings. The Bertz CT molecular complexity index is 2850. The van der Waals surface area contributed by atoms with Gasteiger partial charge in [-0.05, 0) is 90.6 Å². The largest absolute Gasteiger partial charge is 0.309 e. The molecule has 3 aliphatic carbocycles. The average Bonchev–Trinajstić information content (AvgIpc) is 3.78. The van der Waals surface area contributed by atoms with Crippen LogP contribution in [-0.2, 0) is 6.42 Å². The summed E-state index contributed by atoms with van der Waals surface area (Å²) in [5, 5.41) is 9.51. The first-order valence-corrected chi connectivity index (χ1v) is 20.4. The van der Waals surface area contributed by atoms with Crippen molar-refractivity contribution in [1.29, 1.82) is 0 Å². The van der Waals surface area contributed by atoms with Crippen LogP contribution in [-0.4, -0.2) is 16.3 Å². The molecule has 0 bridgehead atoms. The van der Waals surface area contributed by atoms with E-state index in [9.17, 15) is 0 Å². The Labute approximate surface area is 321 Å². The van der Waals surface area contributed by atoms with Crippen molar-refractivity contribution in [3.8, 4) is 0 Å². The van der Waals surface area contributed by atoms with Crippen LogP contribution in [0.25, 0.3) is 65.2 Å². The average molecular weight is 717 g/mol. The zero-order chi connectivity index (χ0) is 36.3. The van der Waals surface area contributed by atoms with Gasteiger partial charge in [0.25, 0.3) is 0 Å². The zero-order valence-electron chi connectivity index (χ0n) is 31.2. The molecule has 2 aromatic heterocycles. The molecule has 3 heteroatoms. The third kappa shape index (κ3) is 5.48. The summed E-state index contributed by atoms with van der Waals surface area (Å²) in [6, 6.07) is 33.6. The molecule has 2 nitrogen and oxygen atoms in total. The number of benzene rings is 5. The minimum atomic E-state index is 0.121. The van der Waals surface area contributed by atoms with Gasteiger partial charge in [-0.3, -0.25) is 4.99 Å². The van der Waals surface area contributed by atoms with Crippen molar-refractivity contribution in [3.63, 3.8) is 0 Å². The van der Waals surface area contributed by atoms with Crippen LogP contribution in [0.15, 0.2) is 156 Å². The third-order valence-electron chi connectivity index (χ3n) is 12.0. The fourth-order valence-electron chi connectivity index (χ4n) is 9.14. The first-order valence-electron chi connectivity index (χ1n) is 19.6. The number of aliphatic imine (C=N–C) groups is 1. The molecule has 0 saturated heterocycles. The number of hydrogen-bond acceptors (Lipinski definition) is 2. The molecule has 0 aliphatic heterocycles. The van der Waals surface area contributed by atoms with E-state index in [4.69, 9.17) is 4.99 Å². The molecular formula is C51H44N2S. The molecule has 0 saturated carbocycles. The van der Waals surface area contributed by atoms with Gasteiger partial charge in [-0.25, -0.2) is 0 Å². The molecule has 7 aromatic rings.